The van der Waals surface area contributed by atoms with Crippen molar-refractivity contribution in [1.82, 2.24) is 9.78 Å². The minimum absolute atomic E-state index is 0.157. The molecule has 1 N–H and O–H groups in total. The van der Waals surface area contributed by atoms with Crippen LogP contribution in [-0.2, 0) is 11.5 Å². The van der Waals surface area contributed by atoms with E-state index in [1.165, 1.54) is 36.1 Å². The van der Waals surface area contributed by atoms with Crippen molar-refractivity contribution in [3.05, 3.63) is 76.1 Å². The number of rotatable bonds is 7. The second-order valence-electron chi connectivity index (χ2n) is 6.00. The number of nitrogens with zero attached hydrogens (tertiary/aromatic N) is 3. The molecular weight excluding hydrogens is 364 g/mol. The van der Waals surface area contributed by atoms with Gasteiger partial charge in [0.25, 0.3) is 11.6 Å². The van der Waals surface area contributed by atoms with Gasteiger partial charge in [0.05, 0.1) is 16.7 Å². The van der Waals surface area contributed by atoms with Crippen LogP contribution in [0.2, 0.25) is 0 Å². The van der Waals surface area contributed by atoms with Crippen molar-refractivity contribution in [3.8, 4) is 11.5 Å². The van der Waals surface area contributed by atoms with Crippen LogP contribution in [0.25, 0.3) is 0 Å². The molecule has 0 aliphatic rings. The van der Waals surface area contributed by atoms with Gasteiger partial charge in [0, 0.05) is 25.4 Å². The minimum Gasteiger partial charge on any atom is -0.457 e. The van der Waals surface area contributed by atoms with E-state index < -0.39 is 10.8 Å². The van der Waals surface area contributed by atoms with Crippen molar-refractivity contribution in [2.75, 3.05) is 12.4 Å². The Hall–Kier alpha value is -3.72. The van der Waals surface area contributed by atoms with Crippen LogP contribution >= 0.6 is 0 Å². The van der Waals surface area contributed by atoms with Crippen LogP contribution in [0.3, 0.4) is 0 Å². The van der Waals surface area contributed by atoms with Crippen molar-refractivity contribution in [2.45, 2.75) is 13.7 Å². The fraction of sp³-hybridized carbons (Fsp3) is 0.158. The highest BCUT2D eigenvalue weighted by atomic mass is 16.6. The zero-order valence-corrected chi connectivity index (χ0v) is 15.3. The van der Waals surface area contributed by atoms with E-state index in [0.29, 0.717) is 5.75 Å². The first kappa shape index (κ1) is 19.1. The molecular formula is C19H18N4O5. The molecule has 1 aromatic heterocycles. The summed E-state index contributed by atoms with van der Waals surface area (Å²) in [5, 5.41) is 17.9. The molecule has 0 aliphatic heterocycles. The zero-order valence-electron chi connectivity index (χ0n) is 15.3. The number of benzene rings is 2. The topological polar surface area (TPSA) is 109 Å². The lowest BCUT2D eigenvalue weighted by Crippen LogP contribution is -2.14. The Morgan fingerprint density at radius 2 is 2.04 bits per heavy atom. The van der Waals surface area contributed by atoms with E-state index in [-0.39, 0.29) is 29.5 Å². The van der Waals surface area contributed by atoms with Crippen LogP contribution in [0, 0.1) is 17.0 Å². The Morgan fingerprint density at radius 1 is 1.21 bits per heavy atom. The fourth-order valence-corrected chi connectivity index (χ4v) is 2.52. The normalized spacial score (nSPS) is 10.5. The van der Waals surface area contributed by atoms with Crippen LogP contribution in [0.4, 0.5) is 11.4 Å². The molecule has 144 valence electrons. The number of nitrogens with one attached hydrogen (secondary N) is 1. The molecule has 2 aromatic carbocycles. The molecule has 9 heteroatoms. The molecule has 0 radical (unpaired) electrons. The van der Waals surface area contributed by atoms with Gasteiger partial charge < -0.3 is 14.8 Å². The smallest absolute Gasteiger partial charge is 0.276 e. The third-order valence-corrected chi connectivity index (χ3v) is 3.72. The third kappa shape index (κ3) is 4.71. The molecule has 3 aromatic rings. The molecule has 0 saturated carbocycles. The molecule has 0 unspecified atom stereocenters. The van der Waals surface area contributed by atoms with E-state index in [2.05, 4.69) is 10.4 Å². The lowest BCUT2D eigenvalue weighted by atomic mass is 10.2. The molecule has 1 amide bonds. The number of nitro groups is 1. The molecule has 1 heterocycles. The SMILES string of the molecule is COCn1ccc(C(=O)Nc2cc(Oc3cccc(C)c3)cc([N+](=O)[O-])c2)n1. The largest absolute Gasteiger partial charge is 0.457 e. The number of ether oxygens (including phenoxy) is 2. The predicted octanol–water partition coefficient (Wildman–Crippen LogP) is 3.75. The predicted molar refractivity (Wildman–Crippen MR) is 102 cm³/mol. The number of anilines is 1. The van der Waals surface area contributed by atoms with Crippen LogP contribution in [0.5, 0.6) is 11.5 Å². The number of nitro benzene ring substituents is 1. The Bertz CT molecular complexity index is 1020. The number of hydrogen-bond donors (Lipinski definition) is 1. The van der Waals surface area contributed by atoms with Crippen LogP contribution < -0.4 is 10.1 Å². The summed E-state index contributed by atoms with van der Waals surface area (Å²) in [7, 11) is 1.51. The van der Waals surface area contributed by atoms with Crippen LogP contribution in [0.15, 0.2) is 54.7 Å². The highest BCUT2D eigenvalue weighted by Crippen LogP contribution is 2.30. The van der Waals surface area contributed by atoms with Gasteiger partial charge in [0.15, 0.2) is 5.69 Å². The standard InChI is InChI=1S/C19H18N4O5/c1-13-4-3-5-16(8-13)28-17-10-14(9-15(11-17)23(25)26)20-19(24)18-6-7-22(21-18)12-27-2/h3-11H,12H2,1-2H3,(H,20,24). The van der Waals surface area contributed by atoms with E-state index in [0.717, 1.165) is 5.56 Å². The van der Waals surface area contributed by atoms with E-state index in [4.69, 9.17) is 9.47 Å². The fourth-order valence-electron chi connectivity index (χ4n) is 2.52. The zero-order chi connectivity index (χ0) is 20.1. The quantitative estimate of drug-likeness (QED) is 0.492. The molecule has 28 heavy (non-hydrogen) atoms. The summed E-state index contributed by atoms with van der Waals surface area (Å²) in [6.45, 7) is 2.12. The van der Waals surface area contributed by atoms with Gasteiger partial charge in [-0.15, -0.1) is 0 Å². The summed E-state index contributed by atoms with van der Waals surface area (Å²) in [6, 6.07) is 12.9. The number of carbonyl (C=O) groups is 1. The van der Waals surface area contributed by atoms with Gasteiger partial charge in [-0.3, -0.25) is 14.9 Å². The Morgan fingerprint density at radius 3 is 2.75 bits per heavy atom. The average molecular weight is 382 g/mol. The molecule has 0 aliphatic carbocycles. The van der Waals surface area contributed by atoms with Crippen molar-refractivity contribution in [2.24, 2.45) is 0 Å². The first-order valence-corrected chi connectivity index (χ1v) is 8.32. The van der Waals surface area contributed by atoms with Crippen molar-refractivity contribution < 1.29 is 19.2 Å². The lowest BCUT2D eigenvalue weighted by Gasteiger charge is -2.09. The third-order valence-electron chi connectivity index (χ3n) is 3.72. The number of aromatic nitrogens is 2. The number of amides is 1. The second-order valence-corrected chi connectivity index (χ2v) is 6.00. The first-order valence-electron chi connectivity index (χ1n) is 8.32. The van der Waals surface area contributed by atoms with Crippen molar-refractivity contribution in [1.29, 1.82) is 0 Å². The summed E-state index contributed by atoms with van der Waals surface area (Å²) in [5.74, 6) is 0.271. The average Bonchev–Trinajstić information content (AvgIpc) is 3.10. The number of aryl methyl sites for hydroxylation is 1. The van der Waals surface area contributed by atoms with Crippen molar-refractivity contribution in [3.63, 3.8) is 0 Å². The molecule has 9 nitrogen and oxygen atoms in total. The number of methoxy groups -OCH3 is 1. The van der Waals surface area contributed by atoms with Gasteiger partial charge in [-0.05, 0) is 30.7 Å². The number of hydrogen-bond acceptors (Lipinski definition) is 6. The van der Waals surface area contributed by atoms with Crippen molar-refractivity contribution >= 4 is 17.3 Å². The number of carbonyl (C=O) groups excluding carboxylic acids is 1. The summed E-state index contributed by atoms with van der Waals surface area (Å²) in [5.41, 5.74) is 1.17. The van der Waals surface area contributed by atoms with Crippen LogP contribution in [-0.4, -0.2) is 27.7 Å². The first-order chi connectivity index (χ1) is 13.4. The summed E-state index contributed by atoms with van der Waals surface area (Å²) in [4.78, 5) is 23.1. The Kier molecular flexibility index (Phi) is 5.66. The number of non-ortho nitro benzene ring substituents is 1. The van der Waals surface area contributed by atoms with E-state index >= 15 is 0 Å². The molecule has 0 fully saturated rings. The van der Waals surface area contributed by atoms with Gasteiger partial charge in [-0.1, -0.05) is 12.1 Å². The summed E-state index contributed by atoms with van der Waals surface area (Å²) in [6.07, 6.45) is 1.60. The molecule has 0 spiro atoms. The Labute approximate surface area is 160 Å². The Balaban J connectivity index is 1.84. The monoisotopic (exact) mass is 382 g/mol. The minimum atomic E-state index is -0.550. The van der Waals surface area contributed by atoms with Gasteiger partial charge in [-0.25, -0.2) is 4.68 Å². The lowest BCUT2D eigenvalue weighted by molar-refractivity contribution is -0.384. The van der Waals surface area contributed by atoms with Gasteiger partial charge in [0.2, 0.25) is 0 Å². The van der Waals surface area contributed by atoms with Crippen LogP contribution in [0.1, 0.15) is 16.1 Å². The van der Waals surface area contributed by atoms with Gasteiger partial charge >= 0.3 is 0 Å². The van der Waals surface area contributed by atoms with E-state index in [9.17, 15) is 14.9 Å². The maximum absolute atomic E-state index is 12.4. The molecule has 3 rings (SSSR count). The molecule has 0 bridgehead atoms. The maximum atomic E-state index is 12.4. The van der Waals surface area contributed by atoms with E-state index in [1.807, 2.05) is 19.1 Å². The highest BCUT2D eigenvalue weighted by Gasteiger charge is 2.15. The molecule has 0 atom stereocenters. The molecule has 0 saturated heterocycles. The maximum Gasteiger partial charge on any atom is 0.276 e. The van der Waals surface area contributed by atoms with Gasteiger partial charge in [-0.2, -0.15) is 5.10 Å². The highest BCUT2D eigenvalue weighted by molar-refractivity contribution is 6.03. The van der Waals surface area contributed by atoms with E-state index in [1.54, 1.807) is 18.3 Å². The summed E-state index contributed by atoms with van der Waals surface area (Å²) >= 11 is 0. The van der Waals surface area contributed by atoms with Gasteiger partial charge in [0.1, 0.15) is 18.2 Å². The second kappa shape index (κ2) is 8.31. The summed E-state index contributed by atoms with van der Waals surface area (Å²) < 4.78 is 12.1.